The van der Waals surface area contributed by atoms with Gasteiger partial charge in [-0.1, -0.05) is 6.07 Å². The summed E-state index contributed by atoms with van der Waals surface area (Å²) in [6, 6.07) is 7.37. The molecule has 4 atom stereocenters. The van der Waals surface area contributed by atoms with E-state index < -0.39 is 47.5 Å². The Labute approximate surface area is 199 Å². The lowest BCUT2D eigenvalue weighted by atomic mass is 10.0. The Hall–Kier alpha value is -3.65. The minimum absolute atomic E-state index is 0.128. The van der Waals surface area contributed by atoms with Crippen LogP contribution in [0.25, 0.3) is 11.1 Å². The number of carbonyl (C=O) groups excluding carboxylic acids is 3. The van der Waals surface area contributed by atoms with Crippen LogP contribution in [-0.4, -0.2) is 52.4 Å². The smallest absolute Gasteiger partial charge is 0.303 e. The highest BCUT2D eigenvalue weighted by Gasteiger charge is 2.47. The van der Waals surface area contributed by atoms with Crippen molar-refractivity contribution < 1.29 is 37.7 Å². The van der Waals surface area contributed by atoms with Gasteiger partial charge >= 0.3 is 17.9 Å². The fraction of sp³-hybridized carbons (Fsp3) is 0.348. The molecule has 34 heavy (non-hydrogen) atoms. The summed E-state index contributed by atoms with van der Waals surface area (Å²) in [5.74, 6) is -1.92. The molecule has 1 aromatic heterocycles. The molecule has 2 heterocycles. The summed E-state index contributed by atoms with van der Waals surface area (Å²) in [6.45, 7) is 3.61. The molecule has 3 rings (SSSR count). The Bertz CT molecular complexity index is 1140. The molecule has 2 aromatic rings. The Morgan fingerprint density at radius 2 is 1.71 bits per heavy atom. The molecule has 1 aromatic carbocycles. The maximum Gasteiger partial charge on any atom is 0.303 e. The fourth-order valence-electron chi connectivity index (χ4n) is 3.44. The van der Waals surface area contributed by atoms with Gasteiger partial charge in [-0.15, -0.1) is 11.8 Å². The van der Waals surface area contributed by atoms with Crippen LogP contribution in [0, 0.1) is 17.1 Å². The summed E-state index contributed by atoms with van der Waals surface area (Å²) in [7, 11) is 0. The van der Waals surface area contributed by atoms with Crippen LogP contribution < -0.4 is 4.74 Å². The Kier molecular flexibility index (Phi) is 8.07. The second kappa shape index (κ2) is 11.0. The number of nitriles is 1. The number of esters is 3. The molecule has 0 aliphatic carbocycles. The molecule has 0 amide bonds. The molecule has 11 heteroatoms. The Morgan fingerprint density at radius 1 is 1.03 bits per heavy atom. The highest BCUT2D eigenvalue weighted by Crippen LogP contribution is 2.35. The van der Waals surface area contributed by atoms with Crippen molar-refractivity contribution in [3.8, 4) is 22.9 Å². The van der Waals surface area contributed by atoms with E-state index >= 15 is 0 Å². The average molecular weight is 488 g/mol. The molecular formula is C23H21FN2O7S. The van der Waals surface area contributed by atoms with Crippen LogP contribution in [0.4, 0.5) is 4.39 Å². The van der Waals surface area contributed by atoms with Gasteiger partial charge in [-0.2, -0.15) is 5.26 Å². The van der Waals surface area contributed by atoms with Crippen molar-refractivity contribution in [2.75, 3.05) is 5.75 Å². The fourth-order valence-corrected chi connectivity index (χ4v) is 4.65. The lowest BCUT2D eigenvalue weighted by molar-refractivity contribution is -0.186. The van der Waals surface area contributed by atoms with Gasteiger partial charge in [0.2, 0.25) is 0 Å². The van der Waals surface area contributed by atoms with Gasteiger partial charge in [-0.05, 0) is 18.2 Å². The van der Waals surface area contributed by atoms with Gasteiger partial charge in [-0.25, -0.2) is 4.39 Å². The minimum Gasteiger partial charge on any atom is -0.474 e. The molecule has 1 aliphatic rings. The highest BCUT2D eigenvalue weighted by molar-refractivity contribution is 7.99. The van der Waals surface area contributed by atoms with E-state index in [1.165, 1.54) is 57.1 Å². The number of carbonyl (C=O) groups is 3. The number of benzene rings is 1. The number of hydrogen-bond donors (Lipinski definition) is 0. The van der Waals surface area contributed by atoms with Crippen LogP contribution in [0.3, 0.4) is 0 Å². The van der Waals surface area contributed by atoms with Gasteiger partial charge in [0.05, 0.1) is 17.8 Å². The third-order valence-electron chi connectivity index (χ3n) is 4.68. The zero-order chi connectivity index (χ0) is 24.8. The van der Waals surface area contributed by atoms with E-state index in [4.69, 9.17) is 18.9 Å². The molecule has 0 N–H and O–H groups in total. The molecule has 0 saturated carbocycles. The first kappa shape index (κ1) is 25.0. The van der Waals surface area contributed by atoms with Crippen molar-refractivity contribution in [1.82, 2.24) is 4.98 Å². The number of nitrogens with zero attached hydrogens (tertiary/aromatic N) is 2. The molecule has 178 valence electrons. The molecule has 0 spiro atoms. The summed E-state index contributed by atoms with van der Waals surface area (Å²) in [4.78, 5) is 39.2. The Morgan fingerprint density at radius 3 is 2.35 bits per heavy atom. The third kappa shape index (κ3) is 6.23. The first-order chi connectivity index (χ1) is 16.2. The largest absolute Gasteiger partial charge is 0.474 e. The predicted octanol–water partition coefficient (Wildman–Crippen LogP) is 3.01. The van der Waals surface area contributed by atoms with Crippen molar-refractivity contribution >= 4 is 29.7 Å². The highest BCUT2D eigenvalue weighted by atomic mass is 32.2. The average Bonchev–Trinajstić information content (AvgIpc) is 2.76. The minimum atomic E-state index is -1.09. The zero-order valence-corrected chi connectivity index (χ0v) is 19.3. The first-order valence-electron chi connectivity index (χ1n) is 10.1. The summed E-state index contributed by atoms with van der Waals surface area (Å²) >= 11 is 1.20. The maximum absolute atomic E-state index is 13.5. The number of aromatic nitrogens is 1. The monoisotopic (exact) mass is 488 g/mol. The van der Waals surface area contributed by atoms with Crippen molar-refractivity contribution in [2.24, 2.45) is 0 Å². The normalized spacial score (nSPS) is 21.6. The second-order valence-corrected chi connectivity index (χ2v) is 8.46. The van der Waals surface area contributed by atoms with E-state index in [-0.39, 0.29) is 17.1 Å². The lowest BCUT2D eigenvalue weighted by Gasteiger charge is -2.39. The Balaban J connectivity index is 1.91. The van der Waals surface area contributed by atoms with Gasteiger partial charge in [0.1, 0.15) is 11.6 Å². The summed E-state index contributed by atoms with van der Waals surface area (Å²) in [5.41, 5.74) is 0.263. The lowest BCUT2D eigenvalue weighted by Crippen LogP contribution is -2.55. The second-order valence-electron chi connectivity index (χ2n) is 7.33. The third-order valence-corrected chi connectivity index (χ3v) is 5.90. The molecule has 9 nitrogen and oxygen atoms in total. The molecule has 1 saturated heterocycles. The van der Waals surface area contributed by atoms with Gasteiger partial charge < -0.3 is 18.9 Å². The molecule has 0 bridgehead atoms. The first-order valence-corrected chi connectivity index (χ1v) is 11.2. The van der Waals surface area contributed by atoms with E-state index in [2.05, 4.69) is 4.98 Å². The number of rotatable bonds is 6. The van der Waals surface area contributed by atoms with Crippen molar-refractivity contribution in [3.05, 3.63) is 48.0 Å². The molecular weight excluding hydrogens is 467 g/mol. The molecule has 1 aliphatic heterocycles. The number of halogens is 1. The van der Waals surface area contributed by atoms with Crippen LogP contribution >= 0.6 is 11.8 Å². The summed E-state index contributed by atoms with van der Waals surface area (Å²) in [6.07, 6.45) is -0.110. The number of ether oxygens (including phenoxy) is 4. The quantitative estimate of drug-likeness (QED) is 0.442. The van der Waals surface area contributed by atoms with Crippen molar-refractivity contribution in [2.45, 2.75) is 44.5 Å². The van der Waals surface area contributed by atoms with Gasteiger partial charge in [0.15, 0.2) is 23.7 Å². The summed E-state index contributed by atoms with van der Waals surface area (Å²) in [5, 5.41) is 9.34. The van der Waals surface area contributed by atoms with Crippen molar-refractivity contribution in [1.29, 1.82) is 5.26 Å². The van der Waals surface area contributed by atoms with E-state index in [0.717, 1.165) is 6.07 Å². The van der Waals surface area contributed by atoms with Crippen LogP contribution in [0.5, 0.6) is 5.75 Å². The molecule has 1 fully saturated rings. The maximum atomic E-state index is 13.5. The van der Waals surface area contributed by atoms with Crippen LogP contribution in [-0.2, 0) is 28.6 Å². The van der Waals surface area contributed by atoms with Crippen LogP contribution in [0.1, 0.15) is 26.3 Å². The van der Waals surface area contributed by atoms with Crippen LogP contribution in [0.2, 0.25) is 0 Å². The number of hydrogen-bond acceptors (Lipinski definition) is 10. The van der Waals surface area contributed by atoms with Gasteiger partial charge in [0, 0.05) is 43.8 Å². The summed E-state index contributed by atoms with van der Waals surface area (Å²) < 4.78 is 35.6. The van der Waals surface area contributed by atoms with E-state index in [1.54, 1.807) is 6.07 Å². The van der Waals surface area contributed by atoms with Gasteiger partial charge in [0.25, 0.3) is 0 Å². The molecule has 0 radical (unpaired) electrons. The van der Waals surface area contributed by atoms with E-state index in [0.29, 0.717) is 11.1 Å². The topological polar surface area (TPSA) is 125 Å². The van der Waals surface area contributed by atoms with Gasteiger partial charge in [-0.3, -0.25) is 19.4 Å². The van der Waals surface area contributed by atoms with Crippen LogP contribution in [0.15, 0.2) is 36.7 Å². The van der Waals surface area contributed by atoms with E-state index in [9.17, 15) is 24.0 Å². The SMILES string of the molecule is CC(=O)O[C@@H]1[C@@H](OC(C)=O)[C@@H](Oc2cncc(-c3ccc(F)cc3C#N)c2)SC[C@H]1OC(C)=O. The molecule has 0 unspecified atom stereocenters. The number of thioether (sulfide) groups is 1. The number of pyridine rings is 1. The van der Waals surface area contributed by atoms with E-state index in [1.807, 2.05) is 6.07 Å². The standard InChI is InChI=1S/C23H21FN2O7S/c1-12(27)30-20-11-34-23(22(32-14(3)29)21(20)31-13(2)28)33-18-7-16(9-26-10-18)19-5-4-17(24)6-15(19)8-25/h4-7,9-10,20-23H,11H2,1-3H3/t20-,21+,22-,23+/m1/s1. The van der Waals surface area contributed by atoms with Crippen molar-refractivity contribution in [3.63, 3.8) is 0 Å². The predicted molar refractivity (Wildman–Crippen MR) is 118 cm³/mol. The zero-order valence-electron chi connectivity index (χ0n) is 18.5.